The summed E-state index contributed by atoms with van der Waals surface area (Å²) in [7, 11) is 0. The third-order valence-electron chi connectivity index (χ3n) is 8.44. The lowest BCUT2D eigenvalue weighted by Gasteiger charge is -2.55. The van der Waals surface area contributed by atoms with Crippen molar-refractivity contribution in [3.8, 4) is 11.5 Å². The Balaban J connectivity index is 1.36. The maximum atomic E-state index is 13.1. The van der Waals surface area contributed by atoms with E-state index in [9.17, 15) is 24.6 Å². The molecule has 2 saturated carbocycles. The van der Waals surface area contributed by atoms with E-state index in [2.05, 4.69) is 18.3 Å². The van der Waals surface area contributed by atoms with E-state index < -0.39 is 34.4 Å². The van der Waals surface area contributed by atoms with Crippen LogP contribution in [0.15, 0.2) is 24.3 Å². The molecule has 32 heavy (non-hydrogen) atoms. The number of allylic oxidation sites excluding steroid dienone is 2. The number of ketones is 1. The number of nitrogens with one attached hydrogen (secondary N) is 1. The normalized spacial score (nSPS) is 38.7. The Morgan fingerprint density at radius 2 is 2.00 bits per heavy atom. The van der Waals surface area contributed by atoms with Crippen LogP contribution >= 0.6 is 0 Å². The number of rotatable bonds is 5. The zero-order chi connectivity index (χ0) is 23.1. The number of hydrogen-bond acceptors (Lipinski definition) is 6. The highest BCUT2D eigenvalue weighted by Gasteiger charge is 2.71. The third kappa shape index (κ3) is 2.75. The lowest BCUT2D eigenvalue weighted by molar-refractivity contribution is -0.169. The van der Waals surface area contributed by atoms with E-state index in [1.165, 1.54) is 0 Å². The lowest BCUT2D eigenvalue weighted by Crippen LogP contribution is -2.56. The smallest absolute Gasteiger partial charge is 0.339 e. The van der Waals surface area contributed by atoms with Gasteiger partial charge in [-0.25, -0.2) is 4.79 Å². The minimum atomic E-state index is -1.38. The summed E-state index contributed by atoms with van der Waals surface area (Å²) in [5, 5.41) is 31.7. The SMILES string of the molecule is [13CH3][C@@]1(C[13CH2]C(=O)Nc2c(O)c[13cH][13c](C(=O)O)[13c]2O)C(=O)[13CH]=C[C@]23[13CH2][C@H]4C[13C@H](O[C@@]4([13CH3])[13CH2]2)C31. The maximum Gasteiger partial charge on any atom is 0.339 e. The van der Waals surface area contributed by atoms with Crippen molar-refractivity contribution in [2.75, 3.05) is 5.32 Å². The second-order valence-corrected chi connectivity index (χ2v) is 10.3. The number of phenols is 2. The van der Waals surface area contributed by atoms with Crippen molar-refractivity contribution in [1.29, 1.82) is 0 Å². The van der Waals surface area contributed by atoms with E-state index in [0.717, 1.165) is 31.4 Å². The topological polar surface area (TPSA) is 133 Å². The van der Waals surface area contributed by atoms with Crippen LogP contribution in [-0.4, -0.2) is 44.7 Å². The molecule has 0 radical (unpaired) electrons. The zero-order valence-corrected chi connectivity index (χ0v) is 18.1. The fraction of sp³-hybridized carbons (Fsp3) is 0.542. The van der Waals surface area contributed by atoms with Crippen LogP contribution in [0.5, 0.6) is 11.5 Å². The first-order chi connectivity index (χ1) is 15.0. The molecule has 2 saturated heterocycles. The number of hydrogen-bond donors (Lipinski definition) is 4. The molecule has 4 N–H and O–H groups in total. The van der Waals surface area contributed by atoms with E-state index in [1.54, 1.807) is 6.08 Å². The molecule has 5 aliphatic rings. The number of carbonyl (C=O) groups excluding carboxylic acids is 2. The van der Waals surface area contributed by atoms with E-state index >= 15 is 0 Å². The predicted molar refractivity (Wildman–Crippen MR) is 113 cm³/mol. The minimum Gasteiger partial charge on any atom is -0.506 e. The molecule has 1 aromatic carbocycles. The number of carbonyl (C=O) groups is 3. The maximum absolute atomic E-state index is 13.1. The number of phenolic OH excluding ortho intramolecular Hbond substituents is 1. The number of ether oxygens (including phenoxy) is 1. The summed E-state index contributed by atoms with van der Waals surface area (Å²) in [6.07, 6.45) is 6.86. The summed E-state index contributed by atoms with van der Waals surface area (Å²) in [5.41, 5.74) is -1.75. The Bertz CT molecular complexity index is 1080. The molecule has 6 rings (SSSR count). The van der Waals surface area contributed by atoms with E-state index in [4.69, 9.17) is 9.84 Å². The highest BCUT2D eigenvalue weighted by Crippen LogP contribution is 2.71. The van der Waals surface area contributed by atoms with Gasteiger partial charge < -0.3 is 25.4 Å². The first-order valence-electron chi connectivity index (χ1n) is 11.0. The van der Waals surface area contributed by atoms with Crippen molar-refractivity contribution >= 4 is 23.3 Å². The van der Waals surface area contributed by atoms with Gasteiger partial charge in [0.15, 0.2) is 11.5 Å². The monoisotopic (exact) mass is 451 g/mol. The Morgan fingerprint density at radius 1 is 1.25 bits per heavy atom. The van der Waals surface area contributed by atoms with Crippen molar-refractivity contribution in [2.45, 2.75) is 57.7 Å². The molecule has 6 atom stereocenters. The Morgan fingerprint density at radius 3 is 2.69 bits per heavy atom. The molecule has 8 nitrogen and oxygen atoms in total. The number of carboxylic acid groups (broad SMARTS) is 1. The number of aromatic hydroxyl groups is 2. The highest BCUT2D eigenvalue weighted by molar-refractivity contribution is 6.00. The van der Waals surface area contributed by atoms with Gasteiger partial charge in [-0.2, -0.15) is 0 Å². The molecule has 4 fully saturated rings. The van der Waals surface area contributed by atoms with Gasteiger partial charge in [0.2, 0.25) is 5.91 Å². The van der Waals surface area contributed by atoms with Crippen LogP contribution in [-0.2, 0) is 14.3 Å². The highest BCUT2D eigenvalue weighted by atomic mass is 16.6. The summed E-state index contributed by atoms with van der Waals surface area (Å²) in [6, 6.07) is 2.16. The number of carboxylic acids is 1. The summed E-state index contributed by atoms with van der Waals surface area (Å²) in [4.78, 5) is 37.0. The second kappa shape index (κ2) is 6.57. The molecular weight excluding hydrogens is 424 g/mol. The van der Waals surface area contributed by atoms with Gasteiger partial charge >= 0.3 is 5.97 Å². The van der Waals surface area contributed by atoms with Gasteiger partial charge in [-0.3, -0.25) is 9.59 Å². The first kappa shape index (κ1) is 21.0. The quantitative estimate of drug-likeness (QED) is 0.399. The van der Waals surface area contributed by atoms with Crippen LogP contribution in [0.2, 0.25) is 0 Å². The molecule has 1 spiro atoms. The molecule has 8 heteroatoms. The molecule has 3 aliphatic carbocycles. The van der Waals surface area contributed by atoms with Crippen molar-refractivity contribution in [2.24, 2.45) is 22.7 Å². The molecule has 1 aromatic rings. The van der Waals surface area contributed by atoms with Crippen LogP contribution in [0.3, 0.4) is 0 Å². The van der Waals surface area contributed by atoms with Gasteiger partial charge in [0.25, 0.3) is 0 Å². The molecule has 2 aliphatic heterocycles. The van der Waals surface area contributed by atoms with Crippen LogP contribution in [0.1, 0.15) is 56.3 Å². The van der Waals surface area contributed by atoms with Gasteiger partial charge in [0.1, 0.15) is 17.0 Å². The largest absolute Gasteiger partial charge is 0.506 e. The van der Waals surface area contributed by atoms with Gasteiger partial charge in [0, 0.05) is 17.8 Å². The van der Waals surface area contributed by atoms with Crippen molar-refractivity contribution < 1.29 is 34.4 Å². The summed E-state index contributed by atoms with van der Waals surface area (Å²) >= 11 is 0. The molecule has 4 bridgehead atoms. The zero-order valence-electron chi connectivity index (χ0n) is 18.1. The van der Waals surface area contributed by atoms with Crippen molar-refractivity contribution in [3.63, 3.8) is 0 Å². The average Bonchev–Trinajstić information content (AvgIpc) is 3.08. The summed E-state index contributed by atoms with van der Waals surface area (Å²) < 4.78 is 6.41. The van der Waals surface area contributed by atoms with Gasteiger partial charge in [-0.1, -0.05) is 13.0 Å². The first-order valence-corrected chi connectivity index (χ1v) is 11.0. The lowest BCUT2D eigenvalue weighted by atomic mass is 9.68. The van der Waals surface area contributed by atoms with Crippen LogP contribution in [0.4, 0.5) is 5.69 Å². The number of benzene rings is 1. The minimum absolute atomic E-state index is 0.00395. The van der Waals surface area contributed by atoms with E-state index in [-0.39, 0.29) is 47.4 Å². The Hall–Kier alpha value is -2.87. The van der Waals surface area contributed by atoms with Crippen molar-refractivity contribution in [3.05, 3.63) is 29.8 Å². The Kier molecular flexibility index (Phi) is 4.31. The third-order valence-corrected chi connectivity index (χ3v) is 8.44. The van der Waals surface area contributed by atoms with E-state index in [1.807, 2.05) is 6.92 Å². The standard InChI is InChI=1S/C24H27NO7/c1-22(7-6-17(28)25-18-14(26)4-3-13(19(18)29)21(30)31)16(27)5-8-24-10-12-9-15(20(22)24)32-23(12,2)11-24/h3-5,8,12,15,20,26,29H,6-7,9-11H2,1-2H3,(H,25,28)(H,30,31)/t12-,15+,20?,22-,23+,24+/m1/s1/i1+1,2+1,3+1,5+1,6+1,10+1,11+1,13+1,15+1,19+1. The summed E-state index contributed by atoms with van der Waals surface area (Å²) in [6.45, 7) is 4.08. The van der Waals surface area contributed by atoms with Crippen LogP contribution < -0.4 is 5.32 Å². The van der Waals surface area contributed by atoms with Gasteiger partial charge in [0.05, 0.1) is 11.7 Å². The second-order valence-electron chi connectivity index (χ2n) is 10.3. The van der Waals surface area contributed by atoms with Gasteiger partial charge in [-0.15, -0.1) is 0 Å². The molecule has 2 heterocycles. The average molecular weight is 451 g/mol. The number of aromatic carboxylic acids is 1. The molecule has 170 valence electrons. The van der Waals surface area contributed by atoms with Gasteiger partial charge in [-0.05, 0) is 62.1 Å². The molecular formula is C24H27NO7. The molecule has 1 unspecified atom stereocenters. The van der Waals surface area contributed by atoms with Crippen molar-refractivity contribution in [1.82, 2.24) is 0 Å². The molecule has 0 aromatic heterocycles. The van der Waals surface area contributed by atoms with E-state index in [0.29, 0.717) is 5.92 Å². The van der Waals surface area contributed by atoms with Crippen LogP contribution in [0.25, 0.3) is 0 Å². The molecule has 1 amide bonds. The number of amides is 1. The van der Waals surface area contributed by atoms with Crippen LogP contribution in [0, 0.1) is 22.7 Å². The number of anilines is 1. The predicted octanol–water partition coefficient (Wildman–Crippen LogP) is 3.23. The fourth-order valence-corrected chi connectivity index (χ4v) is 7.09. The Labute approximate surface area is 185 Å². The summed E-state index contributed by atoms with van der Waals surface area (Å²) in [5.74, 6) is -2.55. The fourth-order valence-electron chi connectivity index (χ4n) is 7.09.